The lowest BCUT2D eigenvalue weighted by molar-refractivity contribution is -0.424. The molecule has 64 valence electrons. The quantitative estimate of drug-likeness (QED) is 0.518. The molecule has 4 nitrogen and oxygen atoms in total. The Balaban J connectivity index is 4.05. The van der Waals surface area contributed by atoms with Crippen molar-refractivity contribution < 1.29 is 10.0 Å². The van der Waals surface area contributed by atoms with Crippen LogP contribution in [0.5, 0.6) is 0 Å². The number of allylic oxidation sites excluding steroid dienone is 2. The van der Waals surface area contributed by atoms with Gasteiger partial charge in [-0.1, -0.05) is 0 Å². The lowest BCUT2D eigenvalue weighted by atomic mass is 10.5. The molecule has 0 amide bonds. The second-order valence-corrected chi connectivity index (χ2v) is 3.28. The van der Waals surface area contributed by atoms with Crippen LogP contribution in [0.3, 0.4) is 0 Å². The second kappa shape index (κ2) is 5.15. The van der Waals surface area contributed by atoms with E-state index in [9.17, 15) is 10.1 Å². The van der Waals surface area contributed by atoms with E-state index in [1.54, 1.807) is 6.92 Å². The van der Waals surface area contributed by atoms with Gasteiger partial charge in [0.2, 0.25) is 0 Å². The van der Waals surface area contributed by atoms with Crippen LogP contribution in [0, 0.1) is 10.1 Å². The Hall–Kier alpha value is -0.550. The van der Waals surface area contributed by atoms with E-state index in [2.05, 4.69) is 0 Å². The van der Waals surface area contributed by atoms with Gasteiger partial charge in [-0.2, -0.15) is 0 Å². The summed E-state index contributed by atoms with van der Waals surface area (Å²) < 4.78 is 0. The first-order chi connectivity index (χ1) is 5.09. The van der Waals surface area contributed by atoms with Gasteiger partial charge >= 0.3 is 0 Å². The van der Waals surface area contributed by atoms with Crippen molar-refractivity contribution in [2.24, 2.45) is 0 Å². The van der Waals surface area contributed by atoms with Gasteiger partial charge in [-0.25, -0.2) is 0 Å². The molecule has 11 heavy (non-hydrogen) atoms. The fraction of sp³-hybridized carbons (Fsp3) is 0.667. The average Bonchev–Trinajstić information content (AvgIpc) is 1.98. The van der Waals surface area contributed by atoms with E-state index < -0.39 is 4.92 Å². The van der Waals surface area contributed by atoms with Gasteiger partial charge in [0.25, 0.3) is 5.70 Å². The zero-order chi connectivity index (χ0) is 8.85. The van der Waals surface area contributed by atoms with E-state index in [1.807, 2.05) is 0 Å². The molecule has 0 aliphatic heterocycles. The second-order valence-electron chi connectivity index (χ2n) is 1.97. The van der Waals surface area contributed by atoms with Gasteiger partial charge in [-0.05, 0) is 6.92 Å². The first kappa shape index (κ1) is 10.4. The number of aliphatic hydroxyl groups is 1. The van der Waals surface area contributed by atoms with Gasteiger partial charge in [0.15, 0.2) is 0 Å². The zero-order valence-electron chi connectivity index (χ0n) is 6.53. The summed E-state index contributed by atoms with van der Waals surface area (Å²) in [5, 5.41) is 18.6. The van der Waals surface area contributed by atoms with Crippen LogP contribution < -0.4 is 0 Å². The van der Waals surface area contributed by atoms with Crippen LogP contribution in [0.4, 0.5) is 0 Å². The minimum absolute atomic E-state index is 0.0486. The third-order valence-electron chi connectivity index (χ3n) is 1.19. The number of thioether (sulfide) groups is 1. The van der Waals surface area contributed by atoms with E-state index in [0.717, 1.165) is 0 Å². The van der Waals surface area contributed by atoms with Crippen molar-refractivity contribution in [3.63, 3.8) is 0 Å². The molecule has 0 spiro atoms. The number of rotatable bonds is 4. The maximum absolute atomic E-state index is 10.2. The van der Waals surface area contributed by atoms with E-state index in [-0.39, 0.29) is 12.3 Å². The third kappa shape index (κ3) is 4.00. The van der Waals surface area contributed by atoms with Crippen molar-refractivity contribution >= 4 is 11.8 Å². The smallest absolute Gasteiger partial charge is 0.252 e. The minimum Gasteiger partial charge on any atom is -0.396 e. The predicted molar refractivity (Wildman–Crippen MR) is 44.9 cm³/mol. The summed E-state index contributed by atoms with van der Waals surface area (Å²) in [6.45, 7) is 3.19. The summed E-state index contributed by atoms with van der Waals surface area (Å²) >= 11 is 1.30. The van der Waals surface area contributed by atoms with Crippen LogP contribution in [0.1, 0.15) is 13.8 Å². The van der Waals surface area contributed by atoms with Gasteiger partial charge < -0.3 is 5.11 Å². The lowest BCUT2D eigenvalue weighted by Crippen LogP contribution is -1.97. The highest BCUT2D eigenvalue weighted by molar-refractivity contribution is 8.03. The fourth-order valence-electron chi connectivity index (χ4n) is 0.432. The molecule has 1 N–H and O–H groups in total. The van der Waals surface area contributed by atoms with Crippen molar-refractivity contribution in [3.05, 3.63) is 20.7 Å². The maximum Gasteiger partial charge on any atom is 0.252 e. The molecule has 0 fully saturated rings. The molecule has 5 heteroatoms. The highest BCUT2D eigenvalue weighted by Crippen LogP contribution is 2.18. The standard InChI is InChI=1S/C6H11NO3S/c1-5(7(9)10)6(2)11-4-3-8/h8H,3-4H2,1-2H3/b6-5+. The molecule has 0 unspecified atom stereocenters. The van der Waals surface area contributed by atoms with Crippen molar-refractivity contribution in [2.45, 2.75) is 13.8 Å². The molecular formula is C6H11NO3S. The van der Waals surface area contributed by atoms with Crippen LogP contribution in [-0.2, 0) is 0 Å². The summed E-state index contributed by atoms with van der Waals surface area (Å²) in [6.07, 6.45) is 0. The molecule has 0 aromatic rings. The van der Waals surface area contributed by atoms with E-state index in [0.29, 0.717) is 10.7 Å². The number of hydrogen-bond acceptors (Lipinski definition) is 4. The Morgan fingerprint density at radius 2 is 2.18 bits per heavy atom. The zero-order valence-corrected chi connectivity index (χ0v) is 7.35. The van der Waals surface area contributed by atoms with E-state index in [1.165, 1.54) is 18.7 Å². The maximum atomic E-state index is 10.2. The van der Waals surface area contributed by atoms with Gasteiger partial charge in [0, 0.05) is 12.7 Å². The van der Waals surface area contributed by atoms with Crippen LogP contribution in [0.2, 0.25) is 0 Å². The van der Waals surface area contributed by atoms with Crippen molar-refractivity contribution in [3.8, 4) is 0 Å². The van der Waals surface area contributed by atoms with Crippen LogP contribution in [0.15, 0.2) is 10.6 Å². The average molecular weight is 177 g/mol. The molecule has 0 radical (unpaired) electrons. The summed E-state index contributed by atoms with van der Waals surface area (Å²) in [5.74, 6) is 0.511. The number of aliphatic hydroxyl groups excluding tert-OH is 1. The molecule has 0 aromatic heterocycles. The highest BCUT2D eigenvalue weighted by atomic mass is 32.2. The molecule has 0 atom stereocenters. The fourth-order valence-corrected chi connectivity index (χ4v) is 1.11. The predicted octanol–water partition coefficient (Wildman–Crippen LogP) is 1.24. The largest absolute Gasteiger partial charge is 0.396 e. The summed E-state index contributed by atoms with van der Waals surface area (Å²) in [7, 11) is 0. The first-order valence-electron chi connectivity index (χ1n) is 3.15. The number of nitro groups is 1. The van der Waals surface area contributed by atoms with Crippen LogP contribution in [-0.4, -0.2) is 22.4 Å². The van der Waals surface area contributed by atoms with Gasteiger partial charge in [-0.3, -0.25) is 10.1 Å². The Bertz CT molecular complexity index is 179. The topological polar surface area (TPSA) is 63.4 Å². The lowest BCUT2D eigenvalue weighted by Gasteiger charge is -1.97. The molecule has 0 saturated carbocycles. The van der Waals surface area contributed by atoms with Crippen molar-refractivity contribution in [1.29, 1.82) is 0 Å². The van der Waals surface area contributed by atoms with Gasteiger partial charge in [0.1, 0.15) is 0 Å². The van der Waals surface area contributed by atoms with E-state index in [4.69, 9.17) is 5.11 Å². The van der Waals surface area contributed by atoms with Gasteiger partial charge in [0.05, 0.1) is 16.4 Å². The Kier molecular flexibility index (Phi) is 4.89. The van der Waals surface area contributed by atoms with Gasteiger partial charge in [-0.15, -0.1) is 11.8 Å². The monoisotopic (exact) mass is 177 g/mol. The first-order valence-corrected chi connectivity index (χ1v) is 4.13. The highest BCUT2D eigenvalue weighted by Gasteiger charge is 2.07. The Morgan fingerprint density at radius 3 is 2.55 bits per heavy atom. The normalized spacial score (nSPS) is 12.6. The SMILES string of the molecule is C/C(SCCO)=C(/C)[N+](=O)[O-]. The molecule has 0 aromatic carbocycles. The molecule has 0 aliphatic rings. The third-order valence-corrected chi connectivity index (χ3v) is 2.31. The van der Waals surface area contributed by atoms with E-state index >= 15 is 0 Å². The summed E-state index contributed by atoms with van der Waals surface area (Å²) in [4.78, 5) is 10.4. The van der Waals surface area contributed by atoms with Crippen molar-refractivity contribution in [1.82, 2.24) is 0 Å². The van der Waals surface area contributed by atoms with Crippen LogP contribution in [0.25, 0.3) is 0 Å². The minimum atomic E-state index is -0.417. The van der Waals surface area contributed by atoms with Crippen LogP contribution >= 0.6 is 11.8 Å². The summed E-state index contributed by atoms with van der Waals surface area (Å²) in [6, 6.07) is 0. The Labute approximate surface area is 69.4 Å². The van der Waals surface area contributed by atoms with Crippen molar-refractivity contribution in [2.75, 3.05) is 12.4 Å². The molecule has 0 bridgehead atoms. The molecule has 0 rings (SSSR count). The number of hydrogen-bond donors (Lipinski definition) is 1. The molecule has 0 aliphatic carbocycles. The molecule has 0 saturated heterocycles. The summed E-state index contributed by atoms with van der Waals surface area (Å²) in [5.41, 5.74) is 0.156. The molecule has 0 heterocycles. The molecular weight excluding hydrogens is 166 g/mol. The Morgan fingerprint density at radius 1 is 1.64 bits per heavy atom. The number of nitrogens with zero attached hydrogens (tertiary/aromatic N) is 1.